The number of aliphatic hydroxyl groups is 3. The van der Waals surface area contributed by atoms with E-state index in [1.807, 2.05) is 0 Å². The van der Waals surface area contributed by atoms with Crippen LogP contribution >= 0.6 is 0 Å². The lowest BCUT2D eigenvalue weighted by molar-refractivity contribution is 0.0871. The molecule has 0 aromatic heterocycles. The van der Waals surface area contributed by atoms with Gasteiger partial charge in [-0.2, -0.15) is 0 Å². The zero-order valence-corrected chi connectivity index (χ0v) is 6.66. The van der Waals surface area contributed by atoms with Gasteiger partial charge in [0.25, 0.3) is 0 Å². The van der Waals surface area contributed by atoms with Crippen LogP contribution in [0.5, 0.6) is 0 Å². The highest BCUT2D eigenvalue weighted by atomic mass is 19.1. The second kappa shape index (κ2) is 3.25. The lowest BCUT2D eigenvalue weighted by Gasteiger charge is -2.21. The summed E-state index contributed by atoms with van der Waals surface area (Å²) < 4.78 is 12.8. The van der Waals surface area contributed by atoms with Crippen molar-refractivity contribution in [3.8, 4) is 0 Å². The number of rotatable bonds is 1. The van der Waals surface area contributed by atoms with Crippen LogP contribution in [0.1, 0.15) is 6.92 Å². The molecular formula is C8H11FO3. The average Bonchev–Trinajstić information content (AvgIpc) is 2.08. The molecule has 0 heterocycles. The zero-order valence-electron chi connectivity index (χ0n) is 6.66. The van der Waals surface area contributed by atoms with E-state index in [0.717, 1.165) is 6.08 Å². The monoisotopic (exact) mass is 174 g/mol. The number of halogens is 1. The normalized spacial score (nSPS) is 30.5. The number of hydrogen-bond donors (Lipinski definition) is 3. The number of aliphatic hydroxyl groups excluding tert-OH is 3. The van der Waals surface area contributed by atoms with Gasteiger partial charge in [0.1, 0.15) is 11.9 Å². The molecule has 0 aliphatic heterocycles. The Morgan fingerprint density at radius 3 is 2.67 bits per heavy atom. The van der Waals surface area contributed by atoms with Crippen LogP contribution in [0, 0.1) is 0 Å². The molecule has 0 fully saturated rings. The Balaban J connectivity index is 3.00. The summed E-state index contributed by atoms with van der Waals surface area (Å²) in [5, 5.41) is 26.9. The fraction of sp³-hybridized carbons (Fsp3) is 0.500. The molecule has 3 N–H and O–H groups in total. The molecule has 1 aliphatic carbocycles. The van der Waals surface area contributed by atoms with Crippen molar-refractivity contribution in [3.63, 3.8) is 0 Å². The van der Waals surface area contributed by atoms with E-state index in [-0.39, 0.29) is 6.61 Å². The molecule has 0 saturated heterocycles. The first-order valence-corrected chi connectivity index (χ1v) is 3.61. The molecule has 0 spiro atoms. The Hall–Kier alpha value is -0.870. The first-order valence-electron chi connectivity index (χ1n) is 3.61. The SMILES string of the molecule is CC1=C(O)C(O)C(F)C=C1CO. The van der Waals surface area contributed by atoms with Gasteiger partial charge in [-0.1, -0.05) is 0 Å². The van der Waals surface area contributed by atoms with Gasteiger partial charge in [0, 0.05) is 0 Å². The molecule has 68 valence electrons. The van der Waals surface area contributed by atoms with Crippen LogP contribution in [-0.4, -0.2) is 34.2 Å². The maximum absolute atomic E-state index is 12.8. The molecular weight excluding hydrogens is 163 g/mol. The summed E-state index contributed by atoms with van der Waals surface area (Å²) in [7, 11) is 0. The number of hydrogen-bond acceptors (Lipinski definition) is 3. The highest BCUT2D eigenvalue weighted by molar-refractivity contribution is 5.38. The van der Waals surface area contributed by atoms with E-state index in [2.05, 4.69) is 0 Å². The van der Waals surface area contributed by atoms with Gasteiger partial charge >= 0.3 is 0 Å². The minimum Gasteiger partial charge on any atom is -0.509 e. The summed E-state index contributed by atoms with van der Waals surface area (Å²) in [5.41, 5.74) is 0.671. The minimum atomic E-state index is -1.63. The lowest BCUT2D eigenvalue weighted by atomic mass is 9.95. The van der Waals surface area contributed by atoms with Gasteiger partial charge in [-0.3, -0.25) is 0 Å². The van der Waals surface area contributed by atoms with Crippen molar-refractivity contribution >= 4 is 0 Å². The Morgan fingerprint density at radius 1 is 1.58 bits per heavy atom. The third-order valence-electron chi connectivity index (χ3n) is 1.98. The summed E-state index contributed by atoms with van der Waals surface area (Å²) in [6.07, 6.45) is -2.00. The highest BCUT2D eigenvalue weighted by Crippen LogP contribution is 2.25. The van der Waals surface area contributed by atoms with Gasteiger partial charge < -0.3 is 15.3 Å². The first-order chi connectivity index (χ1) is 5.57. The maximum Gasteiger partial charge on any atom is 0.152 e. The second-order valence-electron chi connectivity index (χ2n) is 2.75. The lowest BCUT2D eigenvalue weighted by Crippen LogP contribution is -2.28. The van der Waals surface area contributed by atoms with E-state index in [4.69, 9.17) is 15.3 Å². The van der Waals surface area contributed by atoms with Gasteiger partial charge in [-0.25, -0.2) is 4.39 Å². The second-order valence-corrected chi connectivity index (χ2v) is 2.75. The summed E-state index contributed by atoms with van der Waals surface area (Å²) in [4.78, 5) is 0. The van der Waals surface area contributed by atoms with E-state index >= 15 is 0 Å². The Labute approximate surface area is 69.5 Å². The maximum atomic E-state index is 12.8. The first kappa shape index (κ1) is 9.22. The smallest absolute Gasteiger partial charge is 0.152 e. The number of alkyl halides is 1. The van der Waals surface area contributed by atoms with Gasteiger partial charge in [0.2, 0.25) is 0 Å². The van der Waals surface area contributed by atoms with Crippen LogP contribution in [0.3, 0.4) is 0 Å². The van der Waals surface area contributed by atoms with Crippen molar-refractivity contribution in [2.45, 2.75) is 19.2 Å². The van der Waals surface area contributed by atoms with E-state index in [0.29, 0.717) is 11.1 Å². The van der Waals surface area contributed by atoms with Gasteiger partial charge in [-0.15, -0.1) is 0 Å². The molecule has 0 saturated carbocycles. The summed E-state index contributed by atoms with van der Waals surface area (Å²) in [6.45, 7) is 1.19. The summed E-state index contributed by atoms with van der Waals surface area (Å²) >= 11 is 0. The molecule has 0 bridgehead atoms. The van der Waals surface area contributed by atoms with E-state index < -0.39 is 18.0 Å². The van der Waals surface area contributed by atoms with Crippen molar-refractivity contribution < 1.29 is 19.7 Å². The molecule has 2 atom stereocenters. The zero-order chi connectivity index (χ0) is 9.30. The Morgan fingerprint density at radius 2 is 2.17 bits per heavy atom. The van der Waals surface area contributed by atoms with Crippen LogP contribution < -0.4 is 0 Å². The van der Waals surface area contributed by atoms with Crippen molar-refractivity contribution in [1.82, 2.24) is 0 Å². The van der Waals surface area contributed by atoms with Gasteiger partial charge in [-0.05, 0) is 24.1 Å². The van der Waals surface area contributed by atoms with E-state index in [1.165, 1.54) is 6.92 Å². The Bertz CT molecular complexity index is 245. The van der Waals surface area contributed by atoms with Crippen LogP contribution in [-0.2, 0) is 0 Å². The summed E-state index contributed by atoms with van der Waals surface area (Å²) in [5.74, 6) is -0.394. The van der Waals surface area contributed by atoms with Crippen LogP contribution in [0.25, 0.3) is 0 Å². The fourth-order valence-corrected chi connectivity index (χ4v) is 1.12. The molecule has 4 heteroatoms. The van der Waals surface area contributed by atoms with Crippen LogP contribution in [0.4, 0.5) is 4.39 Å². The van der Waals surface area contributed by atoms with Gasteiger partial charge in [0.15, 0.2) is 6.17 Å². The van der Waals surface area contributed by atoms with Crippen molar-refractivity contribution in [1.29, 1.82) is 0 Å². The van der Waals surface area contributed by atoms with Crippen LogP contribution in [0.15, 0.2) is 23.0 Å². The molecule has 3 nitrogen and oxygen atoms in total. The largest absolute Gasteiger partial charge is 0.509 e. The van der Waals surface area contributed by atoms with E-state index in [9.17, 15) is 4.39 Å². The molecule has 12 heavy (non-hydrogen) atoms. The average molecular weight is 174 g/mol. The molecule has 1 aliphatic rings. The molecule has 0 aromatic carbocycles. The fourth-order valence-electron chi connectivity index (χ4n) is 1.12. The third kappa shape index (κ3) is 1.35. The predicted octanol–water partition coefficient (Wildman–Crippen LogP) is 0.450. The molecule has 0 amide bonds. The van der Waals surface area contributed by atoms with Crippen LogP contribution in [0.2, 0.25) is 0 Å². The standard InChI is InChI=1S/C8H11FO3/c1-4-5(3-10)2-6(9)8(12)7(4)11/h2,6,8,10-12H,3H2,1H3. The molecule has 0 aromatic rings. The molecule has 2 unspecified atom stereocenters. The third-order valence-corrected chi connectivity index (χ3v) is 1.98. The Kier molecular flexibility index (Phi) is 2.49. The molecule has 0 radical (unpaired) electrons. The minimum absolute atomic E-state index is 0.324. The van der Waals surface area contributed by atoms with Crippen molar-refractivity contribution in [2.75, 3.05) is 6.61 Å². The quantitative estimate of drug-likeness (QED) is 0.541. The topological polar surface area (TPSA) is 60.7 Å². The van der Waals surface area contributed by atoms with Gasteiger partial charge in [0.05, 0.1) is 6.61 Å². The van der Waals surface area contributed by atoms with Crippen molar-refractivity contribution in [3.05, 3.63) is 23.0 Å². The molecule has 1 rings (SSSR count). The van der Waals surface area contributed by atoms with E-state index in [1.54, 1.807) is 0 Å². The predicted molar refractivity (Wildman–Crippen MR) is 41.4 cm³/mol. The highest BCUT2D eigenvalue weighted by Gasteiger charge is 2.27. The summed E-state index contributed by atoms with van der Waals surface area (Å²) in [6, 6.07) is 0. The van der Waals surface area contributed by atoms with Crippen molar-refractivity contribution in [2.24, 2.45) is 0 Å².